The van der Waals surface area contributed by atoms with Crippen LogP contribution in [0.2, 0.25) is 10.0 Å². The van der Waals surface area contributed by atoms with Gasteiger partial charge in [0, 0.05) is 27.8 Å². The van der Waals surface area contributed by atoms with Crippen molar-refractivity contribution in [3.63, 3.8) is 0 Å². The van der Waals surface area contributed by atoms with E-state index in [4.69, 9.17) is 28.9 Å². The fraction of sp³-hybridized carbons (Fsp3) is 0.0714. The first-order valence-electron chi connectivity index (χ1n) is 5.64. The summed E-state index contributed by atoms with van der Waals surface area (Å²) >= 11 is 12.0. The molecule has 3 N–H and O–H groups in total. The molecule has 0 bridgehead atoms. The molecule has 0 unspecified atom stereocenters. The number of hydrogen-bond acceptors (Lipinski definition) is 2. The van der Waals surface area contributed by atoms with Crippen LogP contribution in [0.5, 0.6) is 0 Å². The largest absolute Gasteiger partial charge is 0.381 e. The number of halogens is 2. The van der Waals surface area contributed by atoms with Crippen LogP contribution >= 0.6 is 23.2 Å². The third kappa shape index (κ3) is 3.63. The van der Waals surface area contributed by atoms with Crippen molar-refractivity contribution in [3.8, 4) is 0 Å². The highest BCUT2D eigenvalue weighted by atomic mass is 35.5. The van der Waals surface area contributed by atoms with Crippen LogP contribution in [0.4, 0.5) is 5.69 Å². The number of primary amides is 1. The minimum absolute atomic E-state index is 0.454. The highest BCUT2D eigenvalue weighted by Crippen LogP contribution is 2.22. The number of carbonyl (C=O) groups excluding carboxylic acids is 1. The van der Waals surface area contributed by atoms with Gasteiger partial charge >= 0.3 is 0 Å². The highest BCUT2D eigenvalue weighted by molar-refractivity contribution is 6.33. The second-order valence-corrected chi connectivity index (χ2v) is 4.88. The number of amides is 1. The van der Waals surface area contributed by atoms with E-state index in [0.29, 0.717) is 22.2 Å². The molecule has 2 aromatic rings. The van der Waals surface area contributed by atoms with E-state index in [0.717, 1.165) is 11.3 Å². The Labute approximate surface area is 121 Å². The summed E-state index contributed by atoms with van der Waals surface area (Å²) in [5, 5.41) is 4.45. The second-order valence-electron chi connectivity index (χ2n) is 4.03. The van der Waals surface area contributed by atoms with Gasteiger partial charge in [0.15, 0.2) is 0 Å². The van der Waals surface area contributed by atoms with Gasteiger partial charge in [-0.1, -0.05) is 29.3 Å². The van der Waals surface area contributed by atoms with Gasteiger partial charge < -0.3 is 11.1 Å². The number of benzene rings is 2. The van der Waals surface area contributed by atoms with Gasteiger partial charge in [0.25, 0.3) is 0 Å². The fourth-order valence-electron chi connectivity index (χ4n) is 1.66. The van der Waals surface area contributed by atoms with E-state index in [1.54, 1.807) is 36.4 Å². The predicted molar refractivity (Wildman–Crippen MR) is 78.7 cm³/mol. The molecule has 0 atom stereocenters. The number of hydrogen-bond donors (Lipinski definition) is 2. The average molecular weight is 295 g/mol. The van der Waals surface area contributed by atoms with Gasteiger partial charge in [-0.05, 0) is 42.0 Å². The molecular formula is C14H12Cl2N2O. The first-order chi connectivity index (χ1) is 9.06. The van der Waals surface area contributed by atoms with Crippen LogP contribution in [0.25, 0.3) is 0 Å². The summed E-state index contributed by atoms with van der Waals surface area (Å²) in [6.45, 7) is 0.515. The smallest absolute Gasteiger partial charge is 0.248 e. The van der Waals surface area contributed by atoms with Crippen molar-refractivity contribution in [2.24, 2.45) is 5.73 Å². The van der Waals surface area contributed by atoms with Crippen molar-refractivity contribution in [2.45, 2.75) is 6.54 Å². The summed E-state index contributed by atoms with van der Waals surface area (Å²) in [6, 6.07) is 12.3. The van der Waals surface area contributed by atoms with Crippen LogP contribution in [-0.2, 0) is 6.54 Å². The highest BCUT2D eigenvalue weighted by Gasteiger charge is 2.03. The van der Waals surface area contributed by atoms with Crippen LogP contribution < -0.4 is 11.1 Å². The van der Waals surface area contributed by atoms with Crippen molar-refractivity contribution in [1.82, 2.24) is 0 Å². The number of nitrogens with two attached hydrogens (primary N) is 1. The van der Waals surface area contributed by atoms with Gasteiger partial charge in [0.1, 0.15) is 0 Å². The summed E-state index contributed by atoms with van der Waals surface area (Å²) in [7, 11) is 0. The second kappa shape index (κ2) is 5.95. The molecule has 0 aromatic heterocycles. The number of carbonyl (C=O) groups is 1. The number of rotatable bonds is 4. The zero-order chi connectivity index (χ0) is 13.8. The van der Waals surface area contributed by atoms with Gasteiger partial charge in [-0.15, -0.1) is 0 Å². The molecule has 1 amide bonds. The van der Waals surface area contributed by atoms with Crippen LogP contribution in [0.15, 0.2) is 42.5 Å². The summed E-state index contributed by atoms with van der Waals surface area (Å²) in [6.07, 6.45) is 0. The molecule has 98 valence electrons. The van der Waals surface area contributed by atoms with E-state index in [1.165, 1.54) is 0 Å². The standard InChI is InChI=1S/C14H12Cl2N2O/c15-11-4-5-13(16)10(6-11)8-18-12-3-1-2-9(7-12)14(17)19/h1-7,18H,8H2,(H2,17,19). The number of anilines is 1. The zero-order valence-corrected chi connectivity index (χ0v) is 11.5. The predicted octanol–water partition coefficient (Wildman–Crippen LogP) is 3.70. The monoisotopic (exact) mass is 294 g/mol. The van der Waals surface area contributed by atoms with E-state index in [-0.39, 0.29) is 0 Å². The molecule has 2 rings (SSSR count). The van der Waals surface area contributed by atoms with Crippen LogP contribution in [0.3, 0.4) is 0 Å². The first-order valence-corrected chi connectivity index (χ1v) is 6.39. The summed E-state index contributed by atoms with van der Waals surface area (Å²) in [4.78, 5) is 11.1. The third-order valence-corrected chi connectivity index (χ3v) is 3.24. The van der Waals surface area contributed by atoms with E-state index in [9.17, 15) is 4.79 Å². The SMILES string of the molecule is NC(=O)c1cccc(NCc2cc(Cl)ccc2Cl)c1. The summed E-state index contributed by atoms with van der Waals surface area (Å²) < 4.78 is 0. The molecule has 2 aromatic carbocycles. The fourth-order valence-corrected chi connectivity index (χ4v) is 2.04. The van der Waals surface area contributed by atoms with Crippen LogP contribution in [0, 0.1) is 0 Å². The molecule has 0 heterocycles. The Balaban J connectivity index is 2.12. The quantitative estimate of drug-likeness (QED) is 0.903. The Morgan fingerprint density at radius 1 is 1.16 bits per heavy atom. The Morgan fingerprint density at radius 2 is 1.95 bits per heavy atom. The van der Waals surface area contributed by atoms with Crippen molar-refractivity contribution in [1.29, 1.82) is 0 Å². The lowest BCUT2D eigenvalue weighted by Gasteiger charge is -2.09. The topological polar surface area (TPSA) is 55.1 Å². The van der Waals surface area contributed by atoms with E-state index in [1.807, 2.05) is 6.07 Å². The van der Waals surface area contributed by atoms with Crippen molar-refractivity contribution in [3.05, 3.63) is 63.6 Å². The van der Waals surface area contributed by atoms with Gasteiger partial charge in [-0.2, -0.15) is 0 Å². The normalized spacial score (nSPS) is 10.2. The Kier molecular flexibility index (Phi) is 4.30. The van der Waals surface area contributed by atoms with Crippen LogP contribution in [-0.4, -0.2) is 5.91 Å². The minimum atomic E-state index is -0.454. The van der Waals surface area contributed by atoms with Gasteiger partial charge in [-0.3, -0.25) is 4.79 Å². The van der Waals surface area contributed by atoms with Gasteiger partial charge in [0.2, 0.25) is 5.91 Å². The van der Waals surface area contributed by atoms with Crippen molar-refractivity contribution in [2.75, 3.05) is 5.32 Å². The summed E-state index contributed by atoms with van der Waals surface area (Å²) in [5.74, 6) is -0.454. The lowest BCUT2D eigenvalue weighted by molar-refractivity contribution is 0.100. The average Bonchev–Trinajstić information content (AvgIpc) is 2.40. The van der Waals surface area contributed by atoms with E-state index in [2.05, 4.69) is 5.32 Å². The van der Waals surface area contributed by atoms with Gasteiger partial charge in [-0.25, -0.2) is 0 Å². The molecule has 0 aliphatic carbocycles. The van der Waals surface area contributed by atoms with Crippen LogP contribution in [0.1, 0.15) is 15.9 Å². The molecule has 0 radical (unpaired) electrons. The van der Waals surface area contributed by atoms with Crippen molar-refractivity contribution >= 4 is 34.8 Å². The van der Waals surface area contributed by atoms with Crippen molar-refractivity contribution < 1.29 is 4.79 Å². The molecule has 19 heavy (non-hydrogen) atoms. The zero-order valence-electron chi connectivity index (χ0n) is 9.99. The molecule has 0 saturated heterocycles. The molecule has 0 fully saturated rings. The molecule has 0 aliphatic rings. The lowest BCUT2D eigenvalue weighted by atomic mass is 10.1. The van der Waals surface area contributed by atoms with Gasteiger partial charge in [0.05, 0.1) is 0 Å². The first kappa shape index (κ1) is 13.7. The molecule has 0 aliphatic heterocycles. The lowest BCUT2D eigenvalue weighted by Crippen LogP contribution is -2.11. The molecule has 3 nitrogen and oxygen atoms in total. The Morgan fingerprint density at radius 3 is 2.68 bits per heavy atom. The molecular weight excluding hydrogens is 283 g/mol. The maximum Gasteiger partial charge on any atom is 0.248 e. The molecule has 0 spiro atoms. The Hall–Kier alpha value is -1.71. The molecule has 0 saturated carbocycles. The van der Waals surface area contributed by atoms with E-state index < -0.39 is 5.91 Å². The third-order valence-electron chi connectivity index (χ3n) is 2.64. The minimum Gasteiger partial charge on any atom is -0.381 e. The molecule has 5 heteroatoms. The number of nitrogens with one attached hydrogen (secondary N) is 1. The van der Waals surface area contributed by atoms with E-state index >= 15 is 0 Å². The summed E-state index contributed by atoms with van der Waals surface area (Å²) in [5.41, 5.74) is 7.38. The Bertz CT molecular complexity index is 614. The maximum absolute atomic E-state index is 11.1. The maximum atomic E-state index is 11.1.